The summed E-state index contributed by atoms with van der Waals surface area (Å²) in [5, 5.41) is 0. The summed E-state index contributed by atoms with van der Waals surface area (Å²) in [5.41, 5.74) is 14.2. The van der Waals surface area contributed by atoms with Gasteiger partial charge in [0.25, 0.3) is 0 Å². The highest BCUT2D eigenvalue weighted by Gasteiger charge is 2.34. The van der Waals surface area contributed by atoms with E-state index in [0.29, 0.717) is 23.9 Å². The number of benzene rings is 2. The van der Waals surface area contributed by atoms with E-state index < -0.39 is 10.4 Å². The minimum absolute atomic E-state index is 0.433. The summed E-state index contributed by atoms with van der Waals surface area (Å²) in [4.78, 5) is 0. The van der Waals surface area contributed by atoms with Crippen LogP contribution < -0.4 is 11.5 Å². The molecule has 136 valence electrons. The van der Waals surface area contributed by atoms with Crippen LogP contribution >= 0.6 is 0 Å². The Bertz CT molecular complexity index is 694. The molecule has 0 heterocycles. The lowest BCUT2D eigenvalue weighted by molar-refractivity contribution is 0.381. The maximum atomic E-state index is 8.74. The molecule has 6 nitrogen and oxygen atoms in total. The zero-order valence-electron chi connectivity index (χ0n) is 13.8. The molecule has 0 unspecified atom stereocenters. The summed E-state index contributed by atoms with van der Waals surface area (Å²) >= 11 is 0. The van der Waals surface area contributed by atoms with E-state index in [4.69, 9.17) is 29.0 Å². The van der Waals surface area contributed by atoms with Gasteiger partial charge in [-0.1, -0.05) is 60.7 Å². The van der Waals surface area contributed by atoms with Gasteiger partial charge in [0.2, 0.25) is 0 Å². The Morgan fingerprint density at radius 3 is 1.16 bits per heavy atom. The molecule has 0 spiro atoms. The van der Waals surface area contributed by atoms with Crippen LogP contribution in [0.1, 0.15) is 35.8 Å². The van der Waals surface area contributed by atoms with Crippen molar-refractivity contribution in [2.75, 3.05) is 0 Å². The molecule has 2 aromatic carbocycles. The van der Waals surface area contributed by atoms with Crippen molar-refractivity contribution in [3.63, 3.8) is 0 Å². The molecule has 6 N–H and O–H groups in total. The highest BCUT2D eigenvalue weighted by atomic mass is 32.3. The largest absolute Gasteiger partial charge is 0.394 e. The highest BCUT2D eigenvalue weighted by molar-refractivity contribution is 7.79. The van der Waals surface area contributed by atoms with Crippen LogP contribution in [-0.4, -0.2) is 29.6 Å². The fourth-order valence-electron chi connectivity index (χ4n) is 2.60. The Hall–Kier alpha value is -1.77. The standard InChI is InChI=1S/2C9H11N.H2O4S/c2*10-9-6-8(9)7-4-2-1-3-5-7;1-5(2,3)4/h2*1-5,8-9H,6,10H2;(H2,1,2,3,4)/t2*8-,9+;/m00./s1. The van der Waals surface area contributed by atoms with Crippen LogP contribution in [0, 0.1) is 0 Å². The van der Waals surface area contributed by atoms with Crippen LogP contribution in [0.4, 0.5) is 0 Å². The van der Waals surface area contributed by atoms with Gasteiger partial charge in [-0.15, -0.1) is 0 Å². The van der Waals surface area contributed by atoms with E-state index in [2.05, 4.69) is 48.5 Å². The molecule has 2 aliphatic carbocycles. The third kappa shape index (κ3) is 7.76. The SMILES string of the molecule is N[C@@H]1C[C@H]1c1ccccc1.N[C@@H]1C[C@H]1c1ccccc1.O=S(=O)(O)O. The Morgan fingerprint density at radius 1 is 0.720 bits per heavy atom. The van der Waals surface area contributed by atoms with Crippen molar-refractivity contribution >= 4 is 10.4 Å². The second-order valence-electron chi connectivity index (χ2n) is 6.28. The summed E-state index contributed by atoms with van der Waals surface area (Å²) in [6.07, 6.45) is 2.34. The van der Waals surface area contributed by atoms with E-state index in [1.165, 1.54) is 24.0 Å². The van der Waals surface area contributed by atoms with Crippen molar-refractivity contribution in [1.29, 1.82) is 0 Å². The van der Waals surface area contributed by atoms with E-state index in [0.717, 1.165) is 0 Å². The van der Waals surface area contributed by atoms with Crippen molar-refractivity contribution in [2.45, 2.75) is 36.8 Å². The van der Waals surface area contributed by atoms with E-state index in [1.54, 1.807) is 0 Å². The molecule has 0 bridgehead atoms. The monoisotopic (exact) mass is 364 g/mol. The second kappa shape index (κ2) is 8.55. The Kier molecular flexibility index (Phi) is 6.69. The number of hydrogen-bond acceptors (Lipinski definition) is 4. The number of rotatable bonds is 2. The topological polar surface area (TPSA) is 127 Å². The van der Waals surface area contributed by atoms with Crippen LogP contribution in [0.3, 0.4) is 0 Å². The molecule has 4 rings (SSSR count). The number of hydrogen-bond donors (Lipinski definition) is 4. The van der Waals surface area contributed by atoms with Gasteiger partial charge >= 0.3 is 10.4 Å². The fraction of sp³-hybridized carbons (Fsp3) is 0.333. The summed E-state index contributed by atoms with van der Waals surface area (Å²) in [6, 6.07) is 21.8. The van der Waals surface area contributed by atoms with Crippen molar-refractivity contribution in [3.8, 4) is 0 Å². The molecule has 0 amide bonds. The predicted molar refractivity (Wildman–Crippen MR) is 97.7 cm³/mol. The number of nitrogens with two attached hydrogens (primary N) is 2. The van der Waals surface area contributed by atoms with Gasteiger partial charge in [-0.25, -0.2) is 0 Å². The van der Waals surface area contributed by atoms with Crippen LogP contribution in [0.5, 0.6) is 0 Å². The van der Waals surface area contributed by atoms with Crippen molar-refractivity contribution in [3.05, 3.63) is 71.8 Å². The minimum Gasteiger partial charge on any atom is -0.327 e. The Balaban J connectivity index is 0.000000144. The van der Waals surface area contributed by atoms with Gasteiger partial charge in [0.1, 0.15) is 0 Å². The Morgan fingerprint density at radius 2 is 0.960 bits per heavy atom. The zero-order chi connectivity index (χ0) is 18.4. The smallest absolute Gasteiger partial charge is 0.327 e. The van der Waals surface area contributed by atoms with Gasteiger partial charge in [-0.2, -0.15) is 8.42 Å². The molecular formula is C18H24N2O4S. The van der Waals surface area contributed by atoms with E-state index >= 15 is 0 Å². The van der Waals surface area contributed by atoms with Gasteiger partial charge in [0.15, 0.2) is 0 Å². The lowest BCUT2D eigenvalue weighted by atomic mass is 10.1. The van der Waals surface area contributed by atoms with E-state index in [-0.39, 0.29) is 0 Å². The lowest BCUT2D eigenvalue weighted by Gasteiger charge is -1.94. The first kappa shape index (κ1) is 19.6. The average Bonchev–Trinajstić information content (AvgIpc) is 3.47. The van der Waals surface area contributed by atoms with Crippen LogP contribution in [0.25, 0.3) is 0 Å². The summed E-state index contributed by atoms with van der Waals surface area (Å²) < 4.78 is 31.6. The van der Waals surface area contributed by atoms with Gasteiger partial charge < -0.3 is 11.5 Å². The van der Waals surface area contributed by atoms with Crippen molar-refractivity contribution in [1.82, 2.24) is 0 Å². The molecule has 2 saturated carbocycles. The molecule has 25 heavy (non-hydrogen) atoms. The lowest BCUT2D eigenvalue weighted by Crippen LogP contribution is -2.00. The van der Waals surface area contributed by atoms with Crippen LogP contribution in [0.2, 0.25) is 0 Å². The van der Waals surface area contributed by atoms with Gasteiger partial charge in [0, 0.05) is 23.9 Å². The molecule has 7 heteroatoms. The summed E-state index contributed by atoms with van der Waals surface area (Å²) in [5.74, 6) is 1.31. The predicted octanol–water partition coefficient (Wildman–Crippen LogP) is 2.35. The second-order valence-corrected chi connectivity index (χ2v) is 7.18. The first-order valence-corrected chi connectivity index (χ1v) is 9.46. The molecule has 0 radical (unpaired) electrons. The minimum atomic E-state index is -4.67. The highest BCUT2D eigenvalue weighted by Crippen LogP contribution is 2.39. The van der Waals surface area contributed by atoms with Crippen LogP contribution in [-0.2, 0) is 10.4 Å². The molecule has 0 aromatic heterocycles. The fourth-order valence-corrected chi connectivity index (χ4v) is 2.60. The molecule has 0 saturated heterocycles. The first-order chi connectivity index (χ1) is 11.8. The maximum absolute atomic E-state index is 8.74. The summed E-state index contributed by atoms with van der Waals surface area (Å²) in [7, 11) is -4.67. The molecular weight excluding hydrogens is 340 g/mol. The van der Waals surface area contributed by atoms with Gasteiger partial charge in [0.05, 0.1) is 0 Å². The quantitative estimate of drug-likeness (QED) is 0.606. The first-order valence-electron chi connectivity index (χ1n) is 8.06. The van der Waals surface area contributed by atoms with Gasteiger partial charge in [-0.3, -0.25) is 9.11 Å². The Labute approximate surface area is 148 Å². The third-order valence-corrected chi connectivity index (χ3v) is 4.14. The molecule has 2 aliphatic rings. The van der Waals surface area contributed by atoms with E-state index in [9.17, 15) is 0 Å². The van der Waals surface area contributed by atoms with Crippen molar-refractivity contribution in [2.24, 2.45) is 11.5 Å². The van der Waals surface area contributed by atoms with Crippen LogP contribution in [0.15, 0.2) is 60.7 Å². The third-order valence-electron chi connectivity index (χ3n) is 4.14. The van der Waals surface area contributed by atoms with Crippen molar-refractivity contribution < 1.29 is 17.5 Å². The normalized spacial score (nSPS) is 26.4. The van der Waals surface area contributed by atoms with E-state index in [1.807, 2.05) is 12.1 Å². The molecule has 0 aliphatic heterocycles. The average molecular weight is 364 g/mol. The molecule has 2 fully saturated rings. The zero-order valence-corrected chi connectivity index (χ0v) is 14.6. The maximum Gasteiger partial charge on any atom is 0.394 e. The summed E-state index contributed by atoms with van der Waals surface area (Å²) in [6.45, 7) is 0. The molecule has 2 aromatic rings. The van der Waals surface area contributed by atoms with Gasteiger partial charge in [-0.05, 0) is 24.0 Å². The molecule has 4 atom stereocenters.